The Bertz CT molecular complexity index is 500. The van der Waals surface area contributed by atoms with Crippen LogP contribution in [0.25, 0.3) is 0 Å². The van der Waals surface area contributed by atoms with E-state index in [1.807, 2.05) is 24.3 Å². The van der Waals surface area contributed by atoms with Crippen LogP contribution >= 0.6 is 0 Å². The number of aliphatic hydroxyl groups excluding tert-OH is 1. The summed E-state index contributed by atoms with van der Waals surface area (Å²) in [5, 5.41) is 9.15. The highest BCUT2D eigenvalue weighted by Crippen LogP contribution is 2.45. The molecule has 1 fully saturated rings. The minimum absolute atomic E-state index is 0.152. The monoisotopic (exact) mass is 245 g/mol. The number of carbonyl (C=O) groups is 2. The van der Waals surface area contributed by atoms with Crippen LogP contribution in [0.1, 0.15) is 23.6 Å². The van der Waals surface area contributed by atoms with Crippen LogP contribution in [0, 0.1) is 5.92 Å². The first-order valence-corrected chi connectivity index (χ1v) is 6.19. The Kier molecular flexibility index (Phi) is 2.76. The summed E-state index contributed by atoms with van der Waals surface area (Å²) in [6.45, 7) is 0.848. The highest BCUT2D eigenvalue weighted by molar-refractivity contribution is 6.27. The number of hydrogen-bond donors (Lipinski definition) is 1. The van der Waals surface area contributed by atoms with Crippen LogP contribution in [-0.2, 0) is 16.1 Å². The molecule has 0 aromatic heterocycles. The Hall–Kier alpha value is -1.52. The topological polar surface area (TPSA) is 57.6 Å². The Labute approximate surface area is 105 Å². The zero-order valence-corrected chi connectivity index (χ0v) is 9.95. The van der Waals surface area contributed by atoms with E-state index in [1.54, 1.807) is 0 Å². The number of carbonyl (C=O) groups excluding carboxylic acids is 2. The molecule has 1 aliphatic carbocycles. The molecule has 4 heteroatoms. The van der Waals surface area contributed by atoms with E-state index in [0.717, 1.165) is 17.5 Å². The maximum absolute atomic E-state index is 11.8. The molecule has 4 nitrogen and oxygen atoms in total. The molecule has 3 rings (SSSR count). The Morgan fingerprint density at radius 1 is 1.44 bits per heavy atom. The van der Waals surface area contributed by atoms with Crippen molar-refractivity contribution in [1.29, 1.82) is 0 Å². The number of ketones is 1. The fourth-order valence-electron chi connectivity index (χ4n) is 2.94. The SMILES string of the molecule is O=CC(=O)C1c2ccccc2CN1[C@H]1C[C@@H]1CO. The van der Waals surface area contributed by atoms with Crippen molar-refractivity contribution < 1.29 is 14.7 Å². The van der Waals surface area contributed by atoms with Crippen molar-refractivity contribution in [2.24, 2.45) is 5.92 Å². The lowest BCUT2D eigenvalue weighted by Gasteiger charge is -2.22. The van der Waals surface area contributed by atoms with E-state index in [1.165, 1.54) is 0 Å². The Morgan fingerprint density at radius 2 is 2.22 bits per heavy atom. The Morgan fingerprint density at radius 3 is 2.89 bits per heavy atom. The van der Waals surface area contributed by atoms with Gasteiger partial charge in [-0.3, -0.25) is 14.5 Å². The highest BCUT2D eigenvalue weighted by atomic mass is 16.3. The predicted molar refractivity (Wildman–Crippen MR) is 64.8 cm³/mol. The number of nitrogens with zero attached hydrogens (tertiary/aromatic N) is 1. The molecule has 1 heterocycles. The van der Waals surface area contributed by atoms with Crippen LogP contribution < -0.4 is 0 Å². The molecule has 1 aliphatic heterocycles. The van der Waals surface area contributed by atoms with Gasteiger partial charge in [0.2, 0.25) is 5.78 Å². The van der Waals surface area contributed by atoms with Gasteiger partial charge in [-0.25, -0.2) is 0 Å². The maximum atomic E-state index is 11.8. The summed E-state index contributed by atoms with van der Waals surface area (Å²) in [4.78, 5) is 24.7. The maximum Gasteiger partial charge on any atom is 0.216 e. The molecule has 0 bridgehead atoms. The fourth-order valence-corrected chi connectivity index (χ4v) is 2.94. The van der Waals surface area contributed by atoms with Crippen LogP contribution in [0.4, 0.5) is 0 Å². The average Bonchev–Trinajstić information content (AvgIpc) is 3.10. The molecular weight excluding hydrogens is 230 g/mol. The first-order valence-electron chi connectivity index (χ1n) is 6.19. The van der Waals surface area contributed by atoms with E-state index in [2.05, 4.69) is 4.90 Å². The molecule has 1 unspecified atom stereocenters. The van der Waals surface area contributed by atoms with E-state index in [-0.39, 0.29) is 24.3 Å². The predicted octanol–water partition coefficient (Wildman–Crippen LogP) is 0.692. The van der Waals surface area contributed by atoms with Crippen molar-refractivity contribution in [3.05, 3.63) is 35.4 Å². The molecule has 18 heavy (non-hydrogen) atoms. The van der Waals surface area contributed by atoms with Gasteiger partial charge in [-0.05, 0) is 23.5 Å². The molecule has 2 aliphatic rings. The van der Waals surface area contributed by atoms with Crippen molar-refractivity contribution >= 4 is 12.1 Å². The zero-order chi connectivity index (χ0) is 12.7. The minimum Gasteiger partial charge on any atom is -0.396 e. The van der Waals surface area contributed by atoms with E-state index in [4.69, 9.17) is 5.11 Å². The molecule has 0 saturated heterocycles. The van der Waals surface area contributed by atoms with Crippen LogP contribution in [-0.4, -0.2) is 34.7 Å². The average molecular weight is 245 g/mol. The van der Waals surface area contributed by atoms with Gasteiger partial charge >= 0.3 is 0 Å². The molecule has 1 N–H and O–H groups in total. The van der Waals surface area contributed by atoms with Crippen molar-refractivity contribution in [1.82, 2.24) is 4.90 Å². The summed E-state index contributed by atoms with van der Waals surface area (Å²) in [5.74, 6) is -0.134. The number of benzene rings is 1. The van der Waals surface area contributed by atoms with Gasteiger partial charge in [0, 0.05) is 19.2 Å². The second kappa shape index (κ2) is 4.30. The van der Waals surface area contributed by atoms with Crippen molar-refractivity contribution in [3.63, 3.8) is 0 Å². The molecule has 0 spiro atoms. The molecule has 3 atom stereocenters. The van der Waals surface area contributed by atoms with Gasteiger partial charge in [-0.15, -0.1) is 0 Å². The standard InChI is InChI=1S/C14H15NO3/c16-7-10-5-12(10)15-6-9-3-1-2-4-11(9)14(15)13(18)8-17/h1-4,8,10,12,14,16H,5-7H2/t10-,12+,14?/m1/s1. The number of hydrogen-bond acceptors (Lipinski definition) is 4. The van der Waals surface area contributed by atoms with E-state index >= 15 is 0 Å². The van der Waals surface area contributed by atoms with E-state index in [0.29, 0.717) is 12.8 Å². The summed E-state index contributed by atoms with van der Waals surface area (Å²) in [5.41, 5.74) is 2.06. The summed E-state index contributed by atoms with van der Waals surface area (Å²) in [6.07, 6.45) is 1.32. The van der Waals surface area contributed by atoms with Crippen molar-refractivity contribution in [2.45, 2.75) is 25.0 Å². The molecule has 1 aromatic rings. The number of rotatable bonds is 4. The number of fused-ring (bicyclic) bond motifs is 1. The van der Waals surface area contributed by atoms with E-state index < -0.39 is 6.04 Å². The van der Waals surface area contributed by atoms with Crippen molar-refractivity contribution in [3.8, 4) is 0 Å². The third kappa shape index (κ3) is 1.69. The number of aldehydes is 1. The molecule has 1 saturated carbocycles. The minimum atomic E-state index is -0.444. The van der Waals surface area contributed by atoms with Gasteiger partial charge in [0.1, 0.15) is 6.04 Å². The molecule has 1 aromatic carbocycles. The lowest BCUT2D eigenvalue weighted by atomic mass is 10.0. The van der Waals surface area contributed by atoms with Gasteiger partial charge in [-0.2, -0.15) is 0 Å². The lowest BCUT2D eigenvalue weighted by molar-refractivity contribution is -0.133. The van der Waals surface area contributed by atoms with E-state index in [9.17, 15) is 9.59 Å². The third-order valence-electron chi connectivity index (χ3n) is 3.97. The summed E-state index contributed by atoms with van der Waals surface area (Å²) in [6, 6.07) is 7.54. The summed E-state index contributed by atoms with van der Waals surface area (Å²) in [7, 11) is 0. The summed E-state index contributed by atoms with van der Waals surface area (Å²) >= 11 is 0. The Balaban J connectivity index is 1.93. The highest BCUT2D eigenvalue weighted by Gasteiger charge is 2.48. The van der Waals surface area contributed by atoms with Crippen LogP contribution in [0.5, 0.6) is 0 Å². The quantitative estimate of drug-likeness (QED) is 0.626. The normalized spacial score (nSPS) is 29.9. The molecule has 0 radical (unpaired) electrons. The number of aliphatic hydroxyl groups is 1. The van der Waals surface area contributed by atoms with Crippen molar-refractivity contribution in [2.75, 3.05) is 6.61 Å². The second-order valence-electron chi connectivity index (χ2n) is 5.04. The third-order valence-corrected chi connectivity index (χ3v) is 3.97. The zero-order valence-electron chi connectivity index (χ0n) is 9.95. The summed E-state index contributed by atoms with van der Waals surface area (Å²) < 4.78 is 0. The first kappa shape index (κ1) is 11.6. The fraction of sp³-hybridized carbons (Fsp3) is 0.429. The van der Waals surface area contributed by atoms with Crippen LogP contribution in [0.3, 0.4) is 0 Å². The van der Waals surface area contributed by atoms with Gasteiger partial charge < -0.3 is 5.11 Å². The largest absolute Gasteiger partial charge is 0.396 e. The molecular formula is C14H15NO3. The van der Waals surface area contributed by atoms with Gasteiger partial charge in [-0.1, -0.05) is 24.3 Å². The molecule has 0 amide bonds. The van der Waals surface area contributed by atoms with Gasteiger partial charge in [0.05, 0.1) is 0 Å². The smallest absolute Gasteiger partial charge is 0.216 e. The van der Waals surface area contributed by atoms with Crippen LogP contribution in [0.15, 0.2) is 24.3 Å². The van der Waals surface area contributed by atoms with Crippen LogP contribution in [0.2, 0.25) is 0 Å². The molecule has 94 valence electrons. The second-order valence-corrected chi connectivity index (χ2v) is 5.04. The lowest BCUT2D eigenvalue weighted by Crippen LogP contribution is -2.32. The van der Waals surface area contributed by atoms with Gasteiger partial charge in [0.15, 0.2) is 6.29 Å². The van der Waals surface area contributed by atoms with Gasteiger partial charge in [0.25, 0.3) is 0 Å². The number of Topliss-reactive ketones (excluding diaryl/α,β-unsaturated/α-hetero) is 1. The first-order chi connectivity index (χ1) is 8.76.